The van der Waals surface area contributed by atoms with Crippen LogP contribution >= 0.6 is 0 Å². The van der Waals surface area contributed by atoms with Gasteiger partial charge in [0.2, 0.25) is 0 Å². The molecule has 0 spiro atoms. The Morgan fingerprint density at radius 3 is 1.83 bits per heavy atom. The van der Waals surface area contributed by atoms with Gasteiger partial charge in [-0.05, 0) is 12.0 Å². The van der Waals surface area contributed by atoms with Crippen molar-refractivity contribution in [2.24, 2.45) is 0 Å². The van der Waals surface area contributed by atoms with Crippen molar-refractivity contribution in [3.63, 3.8) is 0 Å². The molecule has 62 valence electrons. The summed E-state index contributed by atoms with van der Waals surface area (Å²) in [5.74, 6) is 0.0900. The summed E-state index contributed by atoms with van der Waals surface area (Å²) in [4.78, 5) is 0. The standard InChI is InChI=1S/C8H10O.C2H6.K/c1-2-7-3-5-8(9)6-4-7;1-2;/h3-6,9H,2H2,1H3;1-2H3;/q;;+1/p-1. The van der Waals surface area contributed by atoms with E-state index in [9.17, 15) is 5.11 Å². The maximum Gasteiger partial charge on any atom is 1.00 e. The largest absolute Gasteiger partial charge is 1.00 e. The Hall–Kier alpha value is 0.656. The number of hydrogen-bond donors (Lipinski definition) is 0. The minimum Gasteiger partial charge on any atom is -0.872 e. The first-order chi connectivity index (χ1) is 5.33. The van der Waals surface area contributed by atoms with Crippen LogP contribution in [0.2, 0.25) is 0 Å². The van der Waals surface area contributed by atoms with Crippen molar-refractivity contribution in [1.82, 2.24) is 0 Å². The Kier molecular flexibility index (Phi) is 12.3. The molecule has 0 aliphatic heterocycles. The molecule has 0 aromatic heterocycles. The second kappa shape index (κ2) is 9.74. The third-order valence-corrected chi connectivity index (χ3v) is 1.33. The summed E-state index contributed by atoms with van der Waals surface area (Å²) in [7, 11) is 0. The molecule has 0 saturated heterocycles. The summed E-state index contributed by atoms with van der Waals surface area (Å²) in [6.45, 7) is 6.07. The van der Waals surface area contributed by atoms with Crippen molar-refractivity contribution >= 4 is 0 Å². The van der Waals surface area contributed by atoms with E-state index >= 15 is 0 Å². The topological polar surface area (TPSA) is 23.1 Å². The third-order valence-electron chi connectivity index (χ3n) is 1.33. The molecule has 0 bridgehead atoms. The molecule has 1 aromatic rings. The van der Waals surface area contributed by atoms with Crippen molar-refractivity contribution in [3.05, 3.63) is 29.8 Å². The fraction of sp³-hybridized carbons (Fsp3) is 0.400. The SMILES string of the molecule is CC.CCc1ccc([O-])cc1.[K+]. The van der Waals surface area contributed by atoms with E-state index in [1.54, 1.807) is 12.1 Å². The molecule has 0 radical (unpaired) electrons. The van der Waals surface area contributed by atoms with Crippen molar-refractivity contribution in [2.75, 3.05) is 0 Å². The fourth-order valence-electron chi connectivity index (χ4n) is 0.725. The zero-order valence-electron chi connectivity index (χ0n) is 8.42. The Balaban J connectivity index is 0. The summed E-state index contributed by atoms with van der Waals surface area (Å²) >= 11 is 0. The van der Waals surface area contributed by atoms with Crippen molar-refractivity contribution < 1.29 is 56.5 Å². The molecule has 12 heavy (non-hydrogen) atoms. The summed E-state index contributed by atoms with van der Waals surface area (Å²) < 4.78 is 0. The quantitative estimate of drug-likeness (QED) is 0.540. The molecule has 1 rings (SSSR count). The first kappa shape index (κ1) is 15.1. The molecule has 0 atom stereocenters. The zero-order valence-corrected chi connectivity index (χ0v) is 11.5. The molecular weight excluding hydrogens is 175 g/mol. The monoisotopic (exact) mass is 190 g/mol. The second-order valence-corrected chi connectivity index (χ2v) is 2.00. The Morgan fingerprint density at radius 2 is 1.50 bits per heavy atom. The first-order valence-corrected chi connectivity index (χ1v) is 4.09. The number of hydrogen-bond acceptors (Lipinski definition) is 1. The van der Waals surface area contributed by atoms with Crippen LogP contribution in [0.25, 0.3) is 0 Å². The average molecular weight is 190 g/mol. The molecule has 0 aliphatic rings. The van der Waals surface area contributed by atoms with E-state index in [1.165, 1.54) is 5.56 Å². The molecule has 0 fully saturated rings. The van der Waals surface area contributed by atoms with Crippen LogP contribution in [0.3, 0.4) is 0 Å². The summed E-state index contributed by atoms with van der Waals surface area (Å²) in [5, 5.41) is 10.5. The van der Waals surface area contributed by atoms with Crippen LogP contribution in [0.1, 0.15) is 26.3 Å². The van der Waals surface area contributed by atoms with Gasteiger partial charge in [0.15, 0.2) is 0 Å². The molecule has 0 amide bonds. The van der Waals surface area contributed by atoms with E-state index in [0.29, 0.717) is 0 Å². The smallest absolute Gasteiger partial charge is 0.872 e. The second-order valence-electron chi connectivity index (χ2n) is 2.00. The van der Waals surface area contributed by atoms with Gasteiger partial charge in [-0.2, -0.15) is 0 Å². The number of benzene rings is 1. The molecule has 0 aliphatic carbocycles. The molecular formula is C10H15KO. The third kappa shape index (κ3) is 6.20. The summed E-state index contributed by atoms with van der Waals surface area (Å²) in [6.07, 6.45) is 1.00. The number of rotatable bonds is 1. The fourth-order valence-corrected chi connectivity index (χ4v) is 0.725. The van der Waals surface area contributed by atoms with Crippen LogP contribution in [0.15, 0.2) is 24.3 Å². The minimum atomic E-state index is 0. The van der Waals surface area contributed by atoms with Crippen molar-refractivity contribution in [1.29, 1.82) is 0 Å². The van der Waals surface area contributed by atoms with Crippen LogP contribution < -0.4 is 56.5 Å². The van der Waals surface area contributed by atoms with E-state index in [0.717, 1.165) is 6.42 Å². The van der Waals surface area contributed by atoms with Gasteiger partial charge in [0, 0.05) is 0 Å². The van der Waals surface area contributed by atoms with E-state index < -0.39 is 0 Å². The van der Waals surface area contributed by atoms with E-state index in [-0.39, 0.29) is 57.1 Å². The Labute approximate surface area is 118 Å². The molecule has 0 heterocycles. The van der Waals surface area contributed by atoms with Crippen molar-refractivity contribution in [3.8, 4) is 5.75 Å². The van der Waals surface area contributed by atoms with Gasteiger partial charge in [-0.3, -0.25) is 0 Å². The molecule has 1 nitrogen and oxygen atoms in total. The van der Waals surface area contributed by atoms with Crippen LogP contribution in [0.4, 0.5) is 0 Å². The molecule has 0 unspecified atom stereocenters. The predicted octanol–water partition coefficient (Wildman–Crippen LogP) is -0.647. The van der Waals surface area contributed by atoms with Gasteiger partial charge >= 0.3 is 51.4 Å². The van der Waals surface area contributed by atoms with Gasteiger partial charge in [0.25, 0.3) is 0 Å². The molecule has 0 saturated carbocycles. The van der Waals surface area contributed by atoms with E-state index in [2.05, 4.69) is 6.92 Å². The Bertz CT molecular complexity index is 182. The van der Waals surface area contributed by atoms with Gasteiger partial charge in [-0.25, -0.2) is 0 Å². The molecule has 1 aromatic carbocycles. The molecule has 0 N–H and O–H groups in total. The predicted molar refractivity (Wildman–Crippen MR) is 46.6 cm³/mol. The zero-order chi connectivity index (χ0) is 8.69. The van der Waals surface area contributed by atoms with Gasteiger partial charge in [0.05, 0.1) is 0 Å². The van der Waals surface area contributed by atoms with E-state index in [1.807, 2.05) is 26.0 Å². The van der Waals surface area contributed by atoms with Gasteiger partial charge in [-0.1, -0.05) is 45.0 Å². The van der Waals surface area contributed by atoms with E-state index in [4.69, 9.17) is 0 Å². The maximum atomic E-state index is 10.5. The van der Waals surface area contributed by atoms with Crippen LogP contribution in [-0.4, -0.2) is 0 Å². The summed E-state index contributed by atoms with van der Waals surface area (Å²) in [5.41, 5.74) is 1.22. The number of aryl methyl sites for hydroxylation is 1. The minimum absolute atomic E-state index is 0. The van der Waals surface area contributed by atoms with Crippen LogP contribution in [0.5, 0.6) is 5.75 Å². The maximum absolute atomic E-state index is 10.5. The molecule has 2 heteroatoms. The van der Waals surface area contributed by atoms with Gasteiger partial charge in [0.1, 0.15) is 0 Å². The van der Waals surface area contributed by atoms with Crippen LogP contribution in [-0.2, 0) is 6.42 Å². The Morgan fingerprint density at radius 1 is 1.08 bits per heavy atom. The summed E-state index contributed by atoms with van der Waals surface area (Å²) in [6, 6.07) is 6.92. The first-order valence-electron chi connectivity index (χ1n) is 4.09. The average Bonchev–Trinajstić information content (AvgIpc) is 2.10. The van der Waals surface area contributed by atoms with Gasteiger partial charge in [-0.15, -0.1) is 5.75 Å². The van der Waals surface area contributed by atoms with Crippen LogP contribution in [0, 0.1) is 0 Å². The van der Waals surface area contributed by atoms with Gasteiger partial charge < -0.3 is 5.11 Å². The normalized spacial score (nSPS) is 7.58. The van der Waals surface area contributed by atoms with Crippen molar-refractivity contribution in [2.45, 2.75) is 27.2 Å².